The number of fused-ring (bicyclic) bond motifs is 2. The number of rotatable bonds is 2. The molecule has 6 heteroatoms. The minimum absolute atomic E-state index is 0.0934. The molecule has 0 heterocycles. The van der Waals surface area contributed by atoms with Gasteiger partial charge in [0.15, 0.2) is 11.6 Å². The maximum Gasteiger partial charge on any atom is 0.198 e. The van der Waals surface area contributed by atoms with E-state index < -0.39 is 0 Å². The average Bonchev–Trinajstić information content (AvgIpc) is 2.52. The van der Waals surface area contributed by atoms with E-state index in [1.54, 1.807) is 24.3 Å². The van der Waals surface area contributed by atoms with Crippen LogP contribution in [0, 0.1) is 0 Å². The first-order valence-electron chi connectivity index (χ1n) is 6.13. The highest BCUT2D eigenvalue weighted by atomic mass is 16.5. The summed E-state index contributed by atoms with van der Waals surface area (Å²) in [5.41, 5.74) is 9.62. The molecule has 1 aliphatic carbocycles. The van der Waals surface area contributed by atoms with Gasteiger partial charge in [-0.25, -0.2) is 0 Å². The summed E-state index contributed by atoms with van der Waals surface area (Å²) in [5.74, 6) is -0.372. The van der Waals surface area contributed by atoms with E-state index in [2.05, 4.69) is 10.0 Å². The number of nitrogens with zero attached hydrogens (tertiary/aromatic N) is 3. The van der Waals surface area contributed by atoms with Gasteiger partial charge in [0.25, 0.3) is 0 Å². The number of methoxy groups -OCH3 is 1. The predicted molar refractivity (Wildman–Crippen MR) is 75.1 cm³/mol. The largest absolute Gasteiger partial charge is 0.496 e. The molecule has 0 aromatic heterocycles. The third-order valence-corrected chi connectivity index (χ3v) is 3.39. The predicted octanol–water partition coefficient (Wildman–Crippen LogP) is 3.41. The molecule has 0 N–H and O–H groups in total. The van der Waals surface area contributed by atoms with E-state index >= 15 is 0 Å². The van der Waals surface area contributed by atoms with Crippen LogP contribution in [0.2, 0.25) is 0 Å². The fourth-order valence-electron chi connectivity index (χ4n) is 2.48. The summed E-state index contributed by atoms with van der Waals surface area (Å²) in [6, 6.07) is 9.54. The molecule has 3 rings (SSSR count). The molecular weight excluding hydrogens is 270 g/mol. The minimum Gasteiger partial charge on any atom is -0.496 e. The first-order valence-corrected chi connectivity index (χ1v) is 6.13. The van der Waals surface area contributed by atoms with Crippen molar-refractivity contribution >= 4 is 17.3 Å². The van der Waals surface area contributed by atoms with Gasteiger partial charge in [-0.3, -0.25) is 9.59 Å². The lowest BCUT2D eigenvalue weighted by atomic mass is 9.83. The van der Waals surface area contributed by atoms with E-state index in [4.69, 9.17) is 10.3 Å². The smallest absolute Gasteiger partial charge is 0.198 e. The highest BCUT2D eigenvalue weighted by Gasteiger charge is 2.33. The molecule has 102 valence electrons. The maximum absolute atomic E-state index is 12.6. The van der Waals surface area contributed by atoms with Crippen molar-refractivity contribution in [1.29, 1.82) is 0 Å². The SMILES string of the molecule is COc1ccc(N=[N+]=[N-])c2c1C(=O)c1ccccc1C2=O. The summed E-state index contributed by atoms with van der Waals surface area (Å²) < 4.78 is 5.17. The van der Waals surface area contributed by atoms with Crippen LogP contribution in [0.1, 0.15) is 31.8 Å². The second-order valence-electron chi connectivity index (χ2n) is 4.43. The molecule has 2 aromatic rings. The van der Waals surface area contributed by atoms with Crippen molar-refractivity contribution in [3.8, 4) is 5.75 Å². The van der Waals surface area contributed by atoms with E-state index in [-0.39, 0.29) is 34.1 Å². The van der Waals surface area contributed by atoms with E-state index in [1.165, 1.54) is 19.2 Å². The van der Waals surface area contributed by atoms with E-state index in [1.807, 2.05) is 0 Å². The molecule has 0 unspecified atom stereocenters. The number of ketones is 2. The Morgan fingerprint density at radius 3 is 2.19 bits per heavy atom. The number of benzene rings is 2. The van der Waals surface area contributed by atoms with Crippen LogP contribution in [0.3, 0.4) is 0 Å². The lowest BCUT2D eigenvalue weighted by molar-refractivity contribution is 0.0977. The standard InChI is InChI=1S/C15H9N3O3/c1-21-11-7-6-10(17-18-16)12-13(11)15(20)9-5-3-2-4-8(9)14(12)19/h2-7H,1H3. The Morgan fingerprint density at radius 1 is 1.00 bits per heavy atom. The van der Waals surface area contributed by atoms with Gasteiger partial charge in [0, 0.05) is 27.3 Å². The number of carbonyl (C=O) groups is 2. The zero-order valence-corrected chi connectivity index (χ0v) is 11.0. The number of hydrogen-bond acceptors (Lipinski definition) is 4. The van der Waals surface area contributed by atoms with Crippen molar-refractivity contribution in [3.63, 3.8) is 0 Å². The number of carbonyl (C=O) groups excluding carboxylic acids is 2. The second-order valence-corrected chi connectivity index (χ2v) is 4.43. The van der Waals surface area contributed by atoms with Gasteiger partial charge in [-0.05, 0) is 17.7 Å². The van der Waals surface area contributed by atoms with Crippen LogP contribution in [0.5, 0.6) is 5.75 Å². The van der Waals surface area contributed by atoms with Gasteiger partial charge < -0.3 is 4.74 Å². The van der Waals surface area contributed by atoms with Crippen molar-refractivity contribution < 1.29 is 14.3 Å². The first-order chi connectivity index (χ1) is 10.2. The fourth-order valence-corrected chi connectivity index (χ4v) is 2.48. The monoisotopic (exact) mass is 279 g/mol. The van der Waals surface area contributed by atoms with Crippen LogP contribution in [0.4, 0.5) is 5.69 Å². The second kappa shape index (κ2) is 4.77. The zero-order valence-electron chi connectivity index (χ0n) is 11.0. The average molecular weight is 279 g/mol. The fraction of sp³-hybridized carbons (Fsp3) is 0.0667. The Hall–Kier alpha value is -3.11. The molecule has 6 nitrogen and oxygen atoms in total. The quantitative estimate of drug-likeness (QED) is 0.408. The highest BCUT2D eigenvalue weighted by molar-refractivity contribution is 6.30. The van der Waals surface area contributed by atoms with Gasteiger partial charge in [-0.15, -0.1) is 0 Å². The van der Waals surface area contributed by atoms with Gasteiger partial charge in [0.1, 0.15) is 5.75 Å². The van der Waals surface area contributed by atoms with Crippen LogP contribution in [0.25, 0.3) is 10.4 Å². The Bertz CT molecular complexity index is 836. The van der Waals surface area contributed by atoms with E-state index in [0.717, 1.165) is 0 Å². The van der Waals surface area contributed by atoms with Crippen molar-refractivity contribution in [2.24, 2.45) is 5.11 Å². The summed E-state index contributed by atoms with van der Waals surface area (Å²) in [5, 5.41) is 3.51. The lowest BCUT2D eigenvalue weighted by Crippen LogP contribution is -2.21. The Labute approximate surface area is 119 Å². The lowest BCUT2D eigenvalue weighted by Gasteiger charge is -2.20. The zero-order chi connectivity index (χ0) is 15.0. The van der Waals surface area contributed by atoms with Crippen LogP contribution < -0.4 is 4.74 Å². The molecule has 0 fully saturated rings. The van der Waals surface area contributed by atoms with Gasteiger partial charge in [-0.1, -0.05) is 29.4 Å². The van der Waals surface area contributed by atoms with Crippen molar-refractivity contribution in [2.75, 3.05) is 7.11 Å². The molecule has 0 spiro atoms. The summed E-state index contributed by atoms with van der Waals surface area (Å²) in [7, 11) is 1.42. The van der Waals surface area contributed by atoms with Crippen LogP contribution in [-0.4, -0.2) is 18.7 Å². The van der Waals surface area contributed by atoms with Gasteiger partial charge in [-0.2, -0.15) is 0 Å². The maximum atomic E-state index is 12.6. The first kappa shape index (κ1) is 12.9. The molecule has 0 amide bonds. The molecule has 0 saturated heterocycles. The number of ether oxygens (including phenoxy) is 1. The minimum atomic E-state index is -0.346. The molecular formula is C15H9N3O3. The summed E-state index contributed by atoms with van der Waals surface area (Å²) in [6.07, 6.45) is 0. The molecule has 1 aliphatic rings. The molecule has 0 bridgehead atoms. The summed E-state index contributed by atoms with van der Waals surface area (Å²) in [4.78, 5) is 28.0. The molecule has 0 radical (unpaired) electrons. The molecule has 0 aliphatic heterocycles. The number of hydrogen-bond donors (Lipinski definition) is 0. The van der Waals surface area contributed by atoms with Crippen molar-refractivity contribution in [2.45, 2.75) is 0 Å². The normalized spacial score (nSPS) is 12.2. The van der Waals surface area contributed by atoms with Crippen LogP contribution >= 0.6 is 0 Å². The van der Waals surface area contributed by atoms with Crippen LogP contribution in [0.15, 0.2) is 41.5 Å². The molecule has 0 saturated carbocycles. The Balaban J connectivity index is 2.40. The van der Waals surface area contributed by atoms with Crippen molar-refractivity contribution in [3.05, 3.63) is 69.1 Å². The Kier molecular flexibility index (Phi) is 2.93. The third kappa shape index (κ3) is 1.78. The number of azide groups is 1. The van der Waals surface area contributed by atoms with Crippen LogP contribution in [-0.2, 0) is 0 Å². The highest BCUT2D eigenvalue weighted by Crippen LogP contribution is 2.38. The van der Waals surface area contributed by atoms with Crippen molar-refractivity contribution in [1.82, 2.24) is 0 Å². The van der Waals surface area contributed by atoms with E-state index in [9.17, 15) is 9.59 Å². The molecule has 0 atom stereocenters. The van der Waals surface area contributed by atoms with Gasteiger partial charge >= 0.3 is 0 Å². The van der Waals surface area contributed by atoms with Gasteiger partial charge in [0.2, 0.25) is 0 Å². The van der Waals surface area contributed by atoms with Gasteiger partial charge in [0.05, 0.1) is 12.7 Å². The molecule has 21 heavy (non-hydrogen) atoms. The van der Waals surface area contributed by atoms with E-state index in [0.29, 0.717) is 11.1 Å². The summed E-state index contributed by atoms with van der Waals surface area (Å²) >= 11 is 0. The topological polar surface area (TPSA) is 92.1 Å². The summed E-state index contributed by atoms with van der Waals surface area (Å²) in [6.45, 7) is 0. The Morgan fingerprint density at radius 2 is 1.62 bits per heavy atom. The third-order valence-electron chi connectivity index (χ3n) is 3.39. The molecule has 2 aromatic carbocycles.